The van der Waals surface area contributed by atoms with E-state index in [1.165, 1.54) is 0 Å². The summed E-state index contributed by atoms with van der Waals surface area (Å²) in [5, 5.41) is 8.63. The van der Waals surface area contributed by atoms with Crippen molar-refractivity contribution < 1.29 is 22.4 Å². The minimum atomic E-state index is 0.322. The Morgan fingerprint density at radius 3 is 1.78 bits per heavy atom. The van der Waals surface area contributed by atoms with Crippen molar-refractivity contribution >= 4 is 19.0 Å². The summed E-state index contributed by atoms with van der Waals surface area (Å²) < 4.78 is 0. The Morgan fingerprint density at radius 1 is 1.11 bits per heavy atom. The minimum absolute atomic E-state index is 0.322. The van der Waals surface area contributed by atoms with Crippen molar-refractivity contribution in [1.82, 2.24) is 0 Å². The quantitative estimate of drug-likeness (QED) is 0.572. The maximum atomic E-state index is 8.63. The molecule has 0 bridgehead atoms. The molecule has 0 unspecified atom stereocenters. The average Bonchev–Trinajstić information content (AvgIpc) is 1.94. The number of phenols is 1. The van der Waals surface area contributed by atoms with Gasteiger partial charge in [0.05, 0.1) is 0 Å². The Kier molecular flexibility index (Phi) is 6.97. The molecule has 0 saturated heterocycles. The van der Waals surface area contributed by atoms with Crippen LogP contribution >= 0.6 is 19.0 Å². The normalized spacial score (nSPS) is 7.44. The summed E-state index contributed by atoms with van der Waals surface area (Å²) in [6, 6.07) is 8.71. The molecule has 0 radical (unpaired) electrons. The van der Waals surface area contributed by atoms with E-state index in [4.69, 9.17) is 5.11 Å². The van der Waals surface area contributed by atoms with Crippen LogP contribution in [0.1, 0.15) is 0 Å². The monoisotopic (exact) mass is 328 g/mol. The number of phenolic OH excluding ortho intramolecular Hbond substituents is 1. The second-order valence-corrected chi connectivity index (χ2v) is 1.34. The van der Waals surface area contributed by atoms with Gasteiger partial charge in [0.2, 0.25) is 0 Å². The van der Waals surface area contributed by atoms with E-state index in [-0.39, 0.29) is 0 Å². The van der Waals surface area contributed by atoms with Crippen LogP contribution in [0.5, 0.6) is 5.75 Å². The van der Waals surface area contributed by atoms with Gasteiger partial charge in [-0.1, -0.05) is 18.2 Å². The number of benzene rings is 1. The van der Waals surface area contributed by atoms with Crippen molar-refractivity contribution in [2.45, 2.75) is 0 Å². The Hall–Kier alpha value is 0.490. The van der Waals surface area contributed by atoms with E-state index < -0.39 is 0 Å². The molecule has 0 saturated carbocycles. The number of hydrogen-bond acceptors (Lipinski definition) is 1. The van der Waals surface area contributed by atoms with Crippen LogP contribution in [0.2, 0.25) is 0 Å². The molecule has 1 aromatic rings. The van der Waals surface area contributed by atoms with Crippen LogP contribution < -0.4 is 0 Å². The summed E-state index contributed by atoms with van der Waals surface area (Å²) in [5.41, 5.74) is 0. The summed E-state index contributed by atoms with van der Waals surface area (Å²) in [4.78, 5) is 0. The third-order valence-electron chi connectivity index (χ3n) is 0.756. The van der Waals surface area contributed by atoms with Crippen LogP contribution in [0.3, 0.4) is 0 Å². The van der Waals surface area contributed by atoms with E-state index in [1.807, 2.05) is 25.1 Å². The first kappa shape index (κ1) is 9.49. The predicted molar refractivity (Wildman–Crippen MR) is 42.1 cm³/mol. The van der Waals surface area contributed by atoms with Crippen molar-refractivity contribution in [2.24, 2.45) is 0 Å². The van der Waals surface area contributed by atoms with Crippen LogP contribution in [0.25, 0.3) is 0 Å². The molecule has 0 aromatic heterocycles. The second-order valence-electron chi connectivity index (χ2n) is 1.34. The van der Waals surface area contributed by atoms with Gasteiger partial charge in [-0.25, -0.2) is 0 Å². The number of rotatable bonds is 0. The fourth-order valence-corrected chi connectivity index (χ4v) is 0.428. The molecular formula is C6H6AgIO. The fraction of sp³-hybridized carbons (Fsp3) is 0. The summed E-state index contributed by atoms with van der Waals surface area (Å²) >= 11 is 4.88. The molecule has 0 aliphatic carbocycles. The summed E-state index contributed by atoms with van der Waals surface area (Å²) in [6.45, 7) is 0. The molecule has 1 rings (SSSR count). The van der Waals surface area contributed by atoms with Crippen LogP contribution in [-0.4, -0.2) is 5.11 Å². The number of aromatic hydroxyl groups is 1. The maximum absolute atomic E-state index is 8.63. The van der Waals surface area contributed by atoms with Crippen molar-refractivity contribution in [2.75, 3.05) is 0 Å². The fourth-order valence-electron chi connectivity index (χ4n) is 0.428. The van der Waals surface area contributed by atoms with E-state index in [0.29, 0.717) is 5.75 Å². The van der Waals surface area contributed by atoms with Gasteiger partial charge in [0.1, 0.15) is 5.75 Å². The molecule has 1 N–H and O–H groups in total. The van der Waals surface area contributed by atoms with Gasteiger partial charge in [-0.3, -0.25) is 0 Å². The average molecular weight is 329 g/mol. The van der Waals surface area contributed by atoms with Gasteiger partial charge in [0, 0.05) is 0 Å². The van der Waals surface area contributed by atoms with Gasteiger partial charge in [-0.05, 0) is 12.1 Å². The van der Waals surface area contributed by atoms with E-state index in [0.717, 1.165) is 0 Å². The Labute approximate surface area is 76.9 Å². The molecule has 9 heavy (non-hydrogen) atoms. The molecule has 0 heterocycles. The number of para-hydroxylation sites is 1. The number of hydrogen-bond donors (Lipinski definition) is 1. The standard InChI is InChI=1S/C6H6O.Ag.HI/c7-6-4-2-1-3-5-6;;/h1-5,7H;;1H/q;+1;/p-1. The molecule has 0 amide bonds. The van der Waals surface area contributed by atoms with Gasteiger partial charge in [-0.2, -0.15) is 0 Å². The molecule has 0 atom stereocenters. The van der Waals surface area contributed by atoms with Crippen molar-refractivity contribution in [3.63, 3.8) is 0 Å². The van der Waals surface area contributed by atoms with Gasteiger partial charge in [0.25, 0.3) is 0 Å². The molecule has 1 nitrogen and oxygen atoms in total. The summed E-state index contributed by atoms with van der Waals surface area (Å²) in [5.74, 6) is 0.322. The Bertz CT molecular complexity index is 143. The molecule has 0 fully saturated rings. The molecule has 54 valence electrons. The Morgan fingerprint density at radius 2 is 1.56 bits per heavy atom. The molecule has 0 spiro atoms. The molecule has 1 aromatic carbocycles. The first-order valence-electron chi connectivity index (χ1n) is 2.25. The van der Waals surface area contributed by atoms with E-state index >= 15 is 0 Å². The SMILES string of the molecule is Oc1ccccc1.[Ag][I]. The van der Waals surface area contributed by atoms with E-state index in [9.17, 15) is 0 Å². The zero-order valence-corrected chi connectivity index (χ0v) is 8.15. The van der Waals surface area contributed by atoms with Crippen LogP contribution in [0.4, 0.5) is 0 Å². The predicted octanol–water partition coefficient (Wildman–Crippen LogP) is 2.28. The third kappa shape index (κ3) is 4.96. The Balaban J connectivity index is 0.000000291. The van der Waals surface area contributed by atoms with Gasteiger partial charge >= 0.3 is 36.3 Å². The van der Waals surface area contributed by atoms with Crippen LogP contribution in [0.15, 0.2) is 30.3 Å². The second kappa shape index (κ2) is 6.61. The summed E-state index contributed by atoms with van der Waals surface area (Å²) in [7, 11) is 0. The van der Waals surface area contributed by atoms with Crippen molar-refractivity contribution in [3.8, 4) is 5.75 Å². The zero-order valence-electron chi connectivity index (χ0n) is 4.51. The number of halogens is 1. The van der Waals surface area contributed by atoms with Crippen LogP contribution in [0, 0.1) is 0 Å². The molecule has 3 heteroatoms. The van der Waals surface area contributed by atoms with Gasteiger partial charge in [0.15, 0.2) is 0 Å². The summed E-state index contributed by atoms with van der Waals surface area (Å²) in [6.07, 6.45) is 0. The van der Waals surface area contributed by atoms with Gasteiger partial charge < -0.3 is 5.11 Å². The van der Waals surface area contributed by atoms with E-state index in [2.05, 4.69) is 17.3 Å². The van der Waals surface area contributed by atoms with E-state index in [1.54, 1.807) is 24.3 Å². The van der Waals surface area contributed by atoms with Gasteiger partial charge in [-0.15, -0.1) is 0 Å². The van der Waals surface area contributed by atoms with Crippen molar-refractivity contribution in [1.29, 1.82) is 0 Å². The molecule has 0 aliphatic rings. The van der Waals surface area contributed by atoms with Crippen molar-refractivity contribution in [3.05, 3.63) is 30.3 Å². The first-order chi connectivity index (χ1) is 4.39. The molecule has 0 aliphatic heterocycles. The topological polar surface area (TPSA) is 20.2 Å². The first-order valence-corrected chi connectivity index (χ1v) is 6.66. The van der Waals surface area contributed by atoms with Crippen LogP contribution in [-0.2, 0) is 17.3 Å². The zero-order chi connectivity index (χ0) is 7.11. The molecular weight excluding hydrogens is 323 g/mol. The third-order valence-corrected chi connectivity index (χ3v) is 0.756.